The van der Waals surface area contributed by atoms with Crippen LogP contribution < -0.4 is 0 Å². The molecule has 0 fully saturated rings. The number of azide groups is 1. The molecule has 1 aromatic carbocycles. The zero-order valence-corrected chi connectivity index (χ0v) is 10.2. The SMILES string of the molecule is [N-]=[N+]=NCC(=O)c1ccc(C(Cl)(Cl)Cl)cc1. The predicted octanol–water partition coefficient (Wildman–Crippen LogP) is 4.01. The molecular formula is C9H6Cl3N3O. The summed E-state index contributed by atoms with van der Waals surface area (Å²) in [5, 5.41) is 3.17. The molecular weight excluding hydrogens is 272 g/mol. The third kappa shape index (κ3) is 3.58. The number of benzene rings is 1. The molecule has 1 aromatic rings. The molecule has 0 amide bonds. The average Bonchev–Trinajstić information content (AvgIpc) is 2.25. The summed E-state index contributed by atoms with van der Waals surface area (Å²) in [6.45, 7) is -0.219. The average molecular weight is 279 g/mol. The van der Waals surface area contributed by atoms with Crippen LogP contribution in [0.5, 0.6) is 0 Å². The number of nitrogens with zero attached hydrogens (tertiary/aromatic N) is 3. The molecule has 0 saturated heterocycles. The minimum Gasteiger partial charge on any atom is -0.294 e. The van der Waals surface area contributed by atoms with Crippen LogP contribution in [-0.4, -0.2) is 12.3 Å². The van der Waals surface area contributed by atoms with Crippen LogP contribution in [0.15, 0.2) is 29.4 Å². The molecule has 0 spiro atoms. The lowest BCUT2D eigenvalue weighted by Gasteiger charge is -2.10. The van der Waals surface area contributed by atoms with Gasteiger partial charge in [-0.25, -0.2) is 0 Å². The number of rotatable bonds is 3. The molecule has 0 bridgehead atoms. The van der Waals surface area contributed by atoms with Crippen molar-refractivity contribution < 1.29 is 4.79 Å². The highest BCUT2D eigenvalue weighted by Crippen LogP contribution is 2.37. The smallest absolute Gasteiger partial charge is 0.216 e. The van der Waals surface area contributed by atoms with Crippen LogP contribution in [0.3, 0.4) is 0 Å². The molecule has 0 atom stereocenters. The van der Waals surface area contributed by atoms with Crippen LogP contribution in [0.4, 0.5) is 0 Å². The Morgan fingerprint density at radius 2 is 1.88 bits per heavy atom. The Balaban J connectivity index is 2.87. The number of hydrogen-bond acceptors (Lipinski definition) is 2. The number of Topliss-reactive ketones (excluding diaryl/α,β-unsaturated/α-hetero) is 1. The summed E-state index contributed by atoms with van der Waals surface area (Å²) in [5.41, 5.74) is 8.94. The summed E-state index contributed by atoms with van der Waals surface area (Å²) >= 11 is 17.0. The van der Waals surface area contributed by atoms with Crippen molar-refractivity contribution in [2.75, 3.05) is 6.54 Å². The van der Waals surface area contributed by atoms with Gasteiger partial charge in [0.1, 0.15) is 0 Å². The minimum absolute atomic E-state index is 0.219. The van der Waals surface area contributed by atoms with E-state index >= 15 is 0 Å². The molecule has 4 nitrogen and oxygen atoms in total. The van der Waals surface area contributed by atoms with Crippen molar-refractivity contribution in [3.05, 3.63) is 45.8 Å². The molecule has 0 unspecified atom stereocenters. The van der Waals surface area contributed by atoms with E-state index in [4.69, 9.17) is 40.3 Å². The van der Waals surface area contributed by atoms with Crippen molar-refractivity contribution in [3.63, 3.8) is 0 Å². The first kappa shape index (κ1) is 13.1. The summed E-state index contributed by atoms with van der Waals surface area (Å²) in [5.74, 6) is -0.284. The topological polar surface area (TPSA) is 65.8 Å². The standard InChI is InChI=1S/C9H6Cl3N3O/c10-9(11,12)7-3-1-6(2-4-7)8(16)5-14-15-13/h1-4H,5H2. The van der Waals surface area contributed by atoms with Gasteiger partial charge >= 0.3 is 0 Å². The van der Waals surface area contributed by atoms with E-state index in [2.05, 4.69) is 10.0 Å². The zero-order valence-electron chi connectivity index (χ0n) is 7.90. The van der Waals surface area contributed by atoms with E-state index in [1.165, 1.54) is 24.3 Å². The molecule has 0 aliphatic carbocycles. The Bertz CT molecular complexity index is 432. The molecule has 16 heavy (non-hydrogen) atoms. The number of carbonyl (C=O) groups excluding carboxylic acids is 1. The van der Waals surface area contributed by atoms with Crippen molar-refractivity contribution in [1.29, 1.82) is 0 Å². The van der Waals surface area contributed by atoms with Crippen molar-refractivity contribution in [1.82, 2.24) is 0 Å². The lowest BCUT2D eigenvalue weighted by atomic mass is 10.1. The van der Waals surface area contributed by atoms with Crippen molar-refractivity contribution in [3.8, 4) is 0 Å². The Morgan fingerprint density at radius 3 is 2.31 bits per heavy atom. The van der Waals surface area contributed by atoms with Crippen LogP contribution in [0.1, 0.15) is 15.9 Å². The molecule has 0 heterocycles. The lowest BCUT2D eigenvalue weighted by molar-refractivity contribution is 0.100. The molecule has 0 aliphatic rings. The fourth-order valence-electron chi connectivity index (χ4n) is 1.03. The largest absolute Gasteiger partial charge is 0.294 e. The summed E-state index contributed by atoms with van der Waals surface area (Å²) in [6.07, 6.45) is 0. The van der Waals surface area contributed by atoms with Gasteiger partial charge in [-0.05, 0) is 5.53 Å². The Hall–Kier alpha value is -0.930. The highest BCUT2D eigenvalue weighted by Gasteiger charge is 2.22. The fourth-order valence-corrected chi connectivity index (χ4v) is 1.41. The van der Waals surface area contributed by atoms with E-state index in [1.807, 2.05) is 0 Å². The van der Waals surface area contributed by atoms with Gasteiger partial charge in [-0.3, -0.25) is 4.79 Å². The maximum absolute atomic E-state index is 11.4. The molecule has 84 valence electrons. The van der Waals surface area contributed by atoms with Gasteiger partial charge in [-0.15, -0.1) is 0 Å². The summed E-state index contributed by atoms with van der Waals surface area (Å²) in [4.78, 5) is 13.9. The van der Waals surface area contributed by atoms with Gasteiger partial charge in [0.2, 0.25) is 3.79 Å². The number of ketones is 1. The van der Waals surface area contributed by atoms with Gasteiger partial charge in [0, 0.05) is 16.0 Å². The van der Waals surface area contributed by atoms with Crippen molar-refractivity contribution in [2.45, 2.75) is 3.79 Å². The molecule has 0 saturated carbocycles. The van der Waals surface area contributed by atoms with Crippen LogP contribution in [0.25, 0.3) is 10.4 Å². The van der Waals surface area contributed by atoms with Crippen molar-refractivity contribution in [2.24, 2.45) is 5.11 Å². The van der Waals surface area contributed by atoms with Gasteiger partial charge in [0.15, 0.2) is 5.78 Å². The Kier molecular flexibility index (Phi) is 4.44. The molecule has 0 aliphatic heterocycles. The molecule has 0 N–H and O–H groups in total. The molecule has 0 radical (unpaired) electrons. The van der Waals surface area contributed by atoms with Crippen LogP contribution in [0.2, 0.25) is 0 Å². The predicted molar refractivity (Wildman–Crippen MR) is 64.0 cm³/mol. The number of carbonyl (C=O) groups is 1. The second-order valence-electron chi connectivity index (χ2n) is 2.89. The van der Waals surface area contributed by atoms with E-state index in [0.29, 0.717) is 11.1 Å². The van der Waals surface area contributed by atoms with Crippen LogP contribution >= 0.6 is 34.8 Å². The monoisotopic (exact) mass is 277 g/mol. The highest BCUT2D eigenvalue weighted by atomic mass is 35.6. The highest BCUT2D eigenvalue weighted by molar-refractivity contribution is 6.66. The van der Waals surface area contributed by atoms with Gasteiger partial charge < -0.3 is 0 Å². The number of alkyl halides is 3. The second kappa shape index (κ2) is 5.41. The van der Waals surface area contributed by atoms with Crippen molar-refractivity contribution >= 4 is 40.6 Å². The van der Waals surface area contributed by atoms with Gasteiger partial charge in [0.25, 0.3) is 0 Å². The van der Waals surface area contributed by atoms with E-state index < -0.39 is 3.79 Å². The first-order chi connectivity index (χ1) is 7.45. The summed E-state index contributed by atoms with van der Waals surface area (Å²) in [7, 11) is 0. The third-order valence-corrected chi connectivity index (χ3v) is 2.47. The van der Waals surface area contributed by atoms with Crippen LogP contribution in [0, 0.1) is 0 Å². The second-order valence-corrected chi connectivity index (χ2v) is 5.17. The van der Waals surface area contributed by atoms with E-state index in [0.717, 1.165) is 0 Å². The minimum atomic E-state index is -1.51. The van der Waals surface area contributed by atoms with E-state index in [1.54, 1.807) is 0 Å². The van der Waals surface area contributed by atoms with E-state index in [9.17, 15) is 4.79 Å². The fraction of sp³-hybridized carbons (Fsp3) is 0.222. The first-order valence-electron chi connectivity index (χ1n) is 4.16. The lowest BCUT2D eigenvalue weighted by Crippen LogP contribution is -2.05. The van der Waals surface area contributed by atoms with E-state index in [-0.39, 0.29) is 12.3 Å². The molecule has 1 rings (SSSR count). The number of hydrogen-bond donors (Lipinski definition) is 0. The van der Waals surface area contributed by atoms with Gasteiger partial charge in [-0.2, -0.15) is 0 Å². The Morgan fingerprint density at radius 1 is 1.31 bits per heavy atom. The zero-order chi connectivity index (χ0) is 12.2. The maximum Gasteiger partial charge on any atom is 0.216 e. The Labute approximate surface area is 107 Å². The quantitative estimate of drug-likeness (QED) is 0.271. The summed E-state index contributed by atoms with van der Waals surface area (Å²) in [6, 6.07) is 6.12. The summed E-state index contributed by atoms with van der Waals surface area (Å²) < 4.78 is -1.51. The number of halogens is 3. The molecule has 7 heteroatoms. The van der Waals surface area contributed by atoms with Gasteiger partial charge in [-0.1, -0.05) is 64.2 Å². The normalized spacial score (nSPS) is 10.7. The van der Waals surface area contributed by atoms with Gasteiger partial charge in [0.05, 0.1) is 6.54 Å². The maximum atomic E-state index is 11.4. The third-order valence-electron chi connectivity index (χ3n) is 1.81. The molecule has 0 aromatic heterocycles. The van der Waals surface area contributed by atoms with Crippen LogP contribution in [-0.2, 0) is 3.79 Å². The first-order valence-corrected chi connectivity index (χ1v) is 5.30.